The molecule has 1 N–H and O–H groups in total. The first-order valence-corrected chi connectivity index (χ1v) is 11.0. The Morgan fingerprint density at radius 3 is 2.75 bits per heavy atom. The largest absolute Gasteiger partial charge is 0.494 e. The average molecular weight is 456 g/mol. The monoisotopic (exact) mass is 455 g/mol. The van der Waals surface area contributed by atoms with Crippen LogP contribution in [0.5, 0.6) is 11.5 Å². The summed E-state index contributed by atoms with van der Waals surface area (Å²) in [6.45, 7) is 2.76. The van der Waals surface area contributed by atoms with E-state index in [1.807, 2.05) is 19.1 Å². The molecule has 1 saturated heterocycles. The van der Waals surface area contributed by atoms with Crippen LogP contribution < -0.4 is 19.7 Å². The van der Waals surface area contributed by atoms with Crippen LogP contribution in [0.3, 0.4) is 0 Å². The maximum Gasteiger partial charge on any atom is 0.231 e. The van der Waals surface area contributed by atoms with E-state index < -0.39 is 11.7 Å². The number of anilines is 2. The minimum Gasteiger partial charge on any atom is -0.494 e. The second-order valence-corrected chi connectivity index (χ2v) is 8.07. The lowest BCUT2D eigenvalue weighted by Crippen LogP contribution is -2.28. The van der Waals surface area contributed by atoms with Crippen LogP contribution in [0.2, 0.25) is 0 Å². The Morgan fingerprint density at radius 1 is 1.28 bits per heavy atom. The SMILES string of the molecule is CCOc1ccc(N2CC(C(=O)Nc3nc(-c4ccc(OC)c(F)c4)cs3)CC2=O)cc1. The lowest BCUT2D eigenvalue weighted by atomic mass is 10.1. The van der Waals surface area contributed by atoms with Crippen LogP contribution in [0.15, 0.2) is 47.8 Å². The number of benzene rings is 2. The van der Waals surface area contributed by atoms with Crippen LogP contribution in [0, 0.1) is 11.7 Å². The lowest BCUT2D eigenvalue weighted by molar-refractivity contribution is -0.122. The third kappa shape index (κ3) is 4.57. The summed E-state index contributed by atoms with van der Waals surface area (Å²) >= 11 is 1.24. The van der Waals surface area contributed by atoms with E-state index in [0.29, 0.717) is 29.5 Å². The number of amides is 2. The first-order valence-electron chi connectivity index (χ1n) is 10.1. The second-order valence-electron chi connectivity index (χ2n) is 7.21. The molecule has 0 saturated carbocycles. The van der Waals surface area contributed by atoms with E-state index in [4.69, 9.17) is 9.47 Å². The van der Waals surface area contributed by atoms with Gasteiger partial charge in [-0.05, 0) is 49.4 Å². The third-order valence-electron chi connectivity index (χ3n) is 5.14. The summed E-state index contributed by atoms with van der Waals surface area (Å²) in [5.74, 6) is -0.465. The van der Waals surface area contributed by atoms with Gasteiger partial charge in [0.15, 0.2) is 16.7 Å². The Morgan fingerprint density at radius 2 is 2.06 bits per heavy atom. The summed E-state index contributed by atoms with van der Waals surface area (Å²) < 4.78 is 24.3. The van der Waals surface area contributed by atoms with E-state index in [0.717, 1.165) is 11.4 Å². The van der Waals surface area contributed by atoms with Crippen molar-refractivity contribution in [2.45, 2.75) is 13.3 Å². The van der Waals surface area contributed by atoms with Crippen molar-refractivity contribution in [1.29, 1.82) is 0 Å². The van der Waals surface area contributed by atoms with Gasteiger partial charge in [0.25, 0.3) is 0 Å². The molecule has 1 fully saturated rings. The number of thiazole rings is 1. The molecule has 0 bridgehead atoms. The fourth-order valence-electron chi connectivity index (χ4n) is 3.52. The molecular weight excluding hydrogens is 433 g/mol. The van der Waals surface area contributed by atoms with Gasteiger partial charge in [-0.2, -0.15) is 0 Å². The molecule has 9 heteroatoms. The summed E-state index contributed by atoms with van der Waals surface area (Å²) in [5.41, 5.74) is 1.86. The molecule has 1 unspecified atom stereocenters. The maximum atomic E-state index is 14.0. The van der Waals surface area contributed by atoms with E-state index in [-0.39, 0.29) is 24.0 Å². The molecule has 2 aromatic carbocycles. The van der Waals surface area contributed by atoms with Gasteiger partial charge in [-0.25, -0.2) is 9.37 Å². The van der Waals surface area contributed by atoms with Gasteiger partial charge in [0.1, 0.15) is 5.75 Å². The Balaban J connectivity index is 1.40. The number of ether oxygens (including phenoxy) is 2. The van der Waals surface area contributed by atoms with Crippen LogP contribution in [0.4, 0.5) is 15.2 Å². The fourth-order valence-corrected chi connectivity index (χ4v) is 4.24. The Hall–Kier alpha value is -3.46. The Bertz CT molecular complexity index is 1130. The highest BCUT2D eigenvalue weighted by atomic mass is 32.1. The zero-order valence-corrected chi connectivity index (χ0v) is 18.4. The van der Waals surface area contributed by atoms with Gasteiger partial charge in [-0.1, -0.05) is 0 Å². The number of methoxy groups -OCH3 is 1. The minimum atomic E-state index is -0.486. The number of aromatic nitrogens is 1. The lowest BCUT2D eigenvalue weighted by Gasteiger charge is -2.17. The zero-order chi connectivity index (χ0) is 22.7. The molecule has 1 aliphatic rings. The van der Waals surface area contributed by atoms with Crippen molar-refractivity contribution >= 4 is 34.0 Å². The molecule has 2 amide bonds. The maximum absolute atomic E-state index is 14.0. The first kappa shape index (κ1) is 21.8. The van der Waals surface area contributed by atoms with Gasteiger partial charge in [0, 0.05) is 29.6 Å². The molecule has 1 aromatic heterocycles. The van der Waals surface area contributed by atoms with Gasteiger partial charge in [-0.15, -0.1) is 11.3 Å². The predicted octanol–water partition coefficient (Wildman–Crippen LogP) is 4.35. The normalized spacial score (nSPS) is 15.7. The number of nitrogens with zero attached hydrogens (tertiary/aromatic N) is 2. The third-order valence-corrected chi connectivity index (χ3v) is 5.89. The van der Waals surface area contributed by atoms with Crippen molar-refractivity contribution in [3.8, 4) is 22.8 Å². The van der Waals surface area contributed by atoms with Crippen LogP contribution in [0.25, 0.3) is 11.3 Å². The molecule has 4 rings (SSSR count). The minimum absolute atomic E-state index is 0.108. The standard InChI is InChI=1S/C23H22FN3O4S/c1-3-31-17-7-5-16(6-8-17)27-12-15(11-21(27)28)22(29)26-23-25-19(13-32-23)14-4-9-20(30-2)18(24)10-14/h4-10,13,15H,3,11-12H2,1-2H3,(H,25,26,29). The molecular formula is C23H22FN3O4S. The quantitative estimate of drug-likeness (QED) is 0.573. The van der Waals surface area contributed by atoms with Crippen molar-refractivity contribution in [3.05, 3.63) is 53.7 Å². The number of rotatable bonds is 7. The van der Waals surface area contributed by atoms with Crippen LogP contribution in [-0.4, -0.2) is 37.1 Å². The number of nitrogens with one attached hydrogen (secondary N) is 1. The van der Waals surface area contributed by atoms with E-state index >= 15 is 0 Å². The smallest absolute Gasteiger partial charge is 0.231 e. The van der Waals surface area contributed by atoms with Crippen molar-refractivity contribution < 1.29 is 23.5 Å². The van der Waals surface area contributed by atoms with E-state index in [9.17, 15) is 14.0 Å². The average Bonchev–Trinajstić information content (AvgIpc) is 3.41. The molecule has 1 atom stereocenters. The van der Waals surface area contributed by atoms with Crippen LogP contribution in [0.1, 0.15) is 13.3 Å². The zero-order valence-electron chi connectivity index (χ0n) is 17.6. The predicted molar refractivity (Wildman–Crippen MR) is 121 cm³/mol. The Kier molecular flexibility index (Phi) is 6.36. The van der Waals surface area contributed by atoms with E-state index in [1.165, 1.54) is 30.6 Å². The summed E-state index contributed by atoms with van der Waals surface area (Å²) in [5, 5.41) is 4.92. The second kappa shape index (κ2) is 9.35. The van der Waals surface area contributed by atoms with Crippen molar-refractivity contribution in [2.24, 2.45) is 5.92 Å². The molecule has 0 spiro atoms. The van der Waals surface area contributed by atoms with Gasteiger partial charge in [-0.3, -0.25) is 9.59 Å². The highest BCUT2D eigenvalue weighted by Gasteiger charge is 2.35. The summed E-state index contributed by atoms with van der Waals surface area (Å²) in [6.07, 6.45) is 0.126. The van der Waals surface area contributed by atoms with Crippen molar-refractivity contribution in [1.82, 2.24) is 4.98 Å². The molecule has 7 nitrogen and oxygen atoms in total. The number of hydrogen-bond acceptors (Lipinski definition) is 6. The number of halogens is 1. The van der Waals surface area contributed by atoms with E-state index in [1.54, 1.807) is 28.5 Å². The molecule has 166 valence electrons. The first-order chi connectivity index (χ1) is 15.5. The van der Waals surface area contributed by atoms with Gasteiger partial charge in [0.2, 0.25) is 11.8 Å². The molecule has 1 aliphatic heterocycles. The topological polar surface area (TPSA) is 80.8 Å². The van der Waals surface area contributed by atoms with E-state index in [2.05, 4.69) is 10.3 Å². The number of carbonyl (C=O) groups excluding carboxylic acids is 2. The van der Waals surface area contributed by atoms with Gasteiger partial charge >= 0.3 is 0 Å². The molecule has 3 aromatic rings. The van der Waals surface area contributed by atoms with Gasteiger partial charge < -0.3 is 19.7 Å². The molecule has 0 aliphatic carbocycles. The molecule has 2 heterocycles. The van der Waals surface area contributed by atoms with Crippen molar-refractivity contribution in [3.63, 3.8) is 0 Å². The highest BCUT2D eigenvalue weighted by molar-refractivity contribution is 7.14. The molecule has 0 radical (unpaired) electrons. The summed E-state index contributed by atoms with van der Waals surface area (Å²) in [7, 11) is 1.40. The van der Waals surface area contributed by atoms with Gasteiger partial charge in [0.05, 0.1) is 25.3 Å². The fraction of sp³-hybridized carbons (Fsp3) is 0.261. The summed E-state index contributed by atoms with van der Waals surface area (Å²) in [6, 6.07) is 11.8. The number of hydrogen-bond donors (Lipinski definition) is 1. The number of carbonyl (C=O) groups is 2. The summed E-state index contributed by atoms with van der Waals surface area (Å²) in [4.78, 5) is 31.2. The van der Waals surface area contributed by atoms with Crippen LogP contribution in [-0.2, 0) is 9.59 Å². The van der Waals surface area contributed by atoms with Crippen LogP contribution >= 0.6 is 11.3 Å². The Labute approximate surface area is 188 Å². The molecule has 32 heavy (non-hydrogen) atoms. The van der Waals surface area contributed by atoms with Crippen molar-refractivity contribution in [2.75, 3.05) is 30.5 Å². The highest BCUT2D eigenvalue weighted by Crippen LogP contribution is 2.30.